The summed E-state index contributed by atoms with van der Waals surface area (Å²) in [6.45, 7) is 3.93. The molecule has 0 bridgehead atoms. The lowest BCUT2D eigenvalue weighted by Gasteiger charge is -2.31. The highest BCUT2D eigenvalue weighted by Crippen LogP contribution is 2.27. The van der Waals surface area contributed by atoms with Gasteiger partial charge < -0.3 is 5.32 Å². The first-order chi connectivity index (χ1) is 15.8. The molecule has 0 radical (unpaired) electrons. The lowest BCUT2D eigenvalue weighted by atomic mass is 9.95. The zero-order chi connectivity index (χ0) is 23.6. The normalized spacial score (nSPS) is 16.4. The SMILES string of the molecule is CC(=O)c1cccc(S(=O)(=O)N2CCC(C(=O)NC(C)c3cccc4ccccc34)CC2)c1. The zero-order valence-electron chi connectivity index (χ0n) is 18.8. The van der Waals surface area contributed by atoms with Crippen molar-refractivity contribution in [3.63, 3.8) is 0 Å². The van der Waals surface area contributed by atoms with Crippen LogP contribution in [0.2, 0.25) is 0 Å². The first-order valence-corrected chi connectivity index (χ1v) is 12.6. The maximum atomic E-state index is 13.0. The van der Waals surface area contributed by atoms with Crippen LogP contribution < -0.4 is 5.32 Å². The van der Waals surface area contributed by atoms with Crippen molar-refractivity contribution < 1.29 is 18.0 Å². The summed E-state index contributed by atoms with van der Waals surface area (Å²) in [7, 11) is -3.71. The molecule has 1 N–H and O–H groups in total. The molecule has 1 heterocycles. The number of carbonyl (C=O) groups is 2. The first kappa shape index (κ1) is 23.1. The molecular formula is C26H28N2O4S. The molecule has 172 valence electrons. The van der Waals surface area contributed by atoms with Gasteiger partial charge in [0.1, 0.15) is 0 Å². The number of nitrogens with zero attached hydrogens (tertiary/aromatic N) is 1. The molecule has 4 rings (SSSR count). The number of Topliss-reactive ketones (excluding diaryl/α,β-unsaturated/α-hetero) is 1. The van der Waals surface area contributed by atoms with E-state index in [1.165, 1.54) is 23.4 Å². The molecule has 0 saturated carbocycles. The van der Waals surface area contributed by atoms with Gasteiger partial charge in [0.05, 0.1) is 10.9 Å². The van der Waals surface area contributed by atoms with E-state index >= 15 is 0 Å². The van der Waals surface area contributed by atoms with Gasteiger partial charge in [-0.25, -0.2) is 8.42 Å². The maximum absolute atomic E-state index is 13.0. The van der Waals surface area contributed by atoms with E-state index < -0.39 is 10.0 Å². The van der Waals surface area contributed by atoms with Crippen LogP contribution in [0.4, 0.5) is 0 Å². The van der Waals surface area contributed by atoms with E-state index in [9.17, 15) is 18.0 Å². The second-order valence-corrected chi connectivity index (χ2v) is 10.5. The Morgan fingerprint density at radius 2 is 1.64 bits per heavy atom. The molecule has 1 aliphatic rings. The van der Waals surface area contributed by atoms with Gasteiger partial charge in [0.2, 0.25) is 15.9 Å². The Morgan fingerprint density at radius 3 is 2.36 bits per heavy atom. The van der Waals surface area contributed by atoms with Gasteiger partial charge in [0.15, 0.2) is 5.78 Å². The van der Waals surface area contributed by atoms with Crippen molar-refractivity contribution in [3.05, 3.63) is 77.9 Å². The molecule has 6 nitrogen and oxygen atoms in total. The molecule has 1 aliphatic heterocycles. The Morgan fingerprint density at radius 1 is 0.970 bits per heavy atom. The molecule has 1 fully saturated rings. The standard InChI is InChI=1S/C26H28N2O4S/c1-18(24-12-6-8-20-7-3-4-11-25(20)24)27-26(30)21-13-15-28(16-14-21)33(31,32)23-10-5-9-22(17-23)19(2)29/h3-12,17-18,21H,13-16H2,1-2H3,(H,27,30). The fourth-order valence-electron chi connectivity index (χ4n) is 4.42. The van der Waals surface area contributed by atoms with Crippen LogP contribution in [0, 0.1) is 5.92 Å². The molecule has 1 saturated heterocycles. The van der Waals surface area contributed by atoms with Crippen molar-refractivity contribution in [1.82, 2.24) is 9.62 Å². The third-order valence-electron chi connectivity index (χ3n) is 6.35. The second kappa shape index (κ2) is 9.45. The number of rotatable bonds is 6. The minimum absolute atomic E-state index is 0.0499. The third kappa shape index (κ3) is 4.84. The lowest BCUT2D eigenvalue weighted by molar-refractivity contribution is -0.126. The first-order valence-electron chi connectivity index (χ1n) is 11.2. The summed E-state index contributed by atoms with van der Waals surface area (Å²) >= 11 is 0. The van der Waals surface area contributed by atoms with Crippen molar-refractivity contribution in [2.75, 3.05) is 13.1 Å². The highest BCUT2D eigenvalue weighted by Gasteiger charge is 2.32. The Bertz CT molecular complexity index is 1290. The second-order valence-electron chi connectivity index (χ2n) is 8.56. The molecule has 7 heteroatoms. The van der Waals surface area contributed by atoms with Crippen molar-refractivity contribution in [2.45, 2.75) is 37.6 Å². The number of fused-ring (bicyclic) bond motifs is 1. The number of carbonyl (C=O) groups excluding carboxylic acids is 2. The Balaban J connectivity index is 1.41. The van der Waals surface area contributed by atoms with Gasteiger partial charge in [0.25, 0.3) is 0 Å². The molecule has 1 atom stereocenters. The quantitative estimate of drug-likeness (QED) is 0.551. The predicted molar refractivity (Wildman–Crippen MR) is 128 cm³/mol. The van der Waals surface area contributed by atoms with Crippen LogP contribution in [-0.4, -0.2) is 37.5 Å². The number of sulfonamides is 1. The summed E-state index contributed by atoms with van der Waals surface area (Å²) in [6, 6.07) is 20.1. The number of piperidine rings is 1. The van der Waals surface area contributed by atoms with Gasteiger partial charge >= 0.3 is 0 Å². The summed E-state index contributed by atoms with van der Waals surface area (Å²) in [5.74, 6) is -0.466. The van der Waals surface area contributed by atoms with Crippen LogP contribution in [-0.2, 0) is 14.8 Å². The Kier molecular flexibility index (Phi) is 6.63. The third-order valence-corrected chi connectivity index (χ3v) is 8.25. The molecule has 1 amide bonds. The molecule has 3 aromatic rings. The molecule has 33 heavy (non-hydrogen) atoms. The molecule has 3 aromatic carbocycles. The molecule has 0 aromatic heterocycles. The van der Waals surface area contributed by atoms with E-state index in [0.29, 0.717) is 18.4 Å². The fourth-order valence-corrected chi connectivity index (χ4v) is 5.94. The summed E-state index contributed by atoms with van der Waals surface area (Å²) in [6.07, 6.45) is 0.916. The van der Waals surface area contributed by atoms with Gasteiger partial charge in [-0.3, -0.25) is 9.59 Å². The number of benzene rings is 3. The van der Waals surface area contributed by atoms with E-state index in [4.69, 9.17) is 0 Å². The zero-order valence-corrected chi connectivity index (χ0v) is 19.6. The van der Waals surface area contributed by atoms with Crippen molar-refractivity contribution in [1.29, 1.82) is 0 Å². The highest BCUT2D eigenvalue weighted by atomic mass is 32.2. The van der Waals surface area contributed by atoms with E-state index in [-0.39, 0.29) is 41.6 Å². The van der Waals surface area contributed by atoms with Crippen molar-refractivity contribution >= 4 is 32.5 Å². The van der Waals surface area contributed by atoms with Crippen LogP contribution in [0.5, 0.6) is 0 Å². The molecular weight excluding hydrogens is 436 g/mol. The highest BCUT2D eigenvalue weighted by molar-refractivity contribution is 7.89. The lowest BCUT2D eigenvalue weighted by Crippen LogP contribution is -2.43. The Labute approximate surface area is 194 Å². The number of hydrogen-bond donors (Lipinski definition) is 1. The summed E-state index contributed by atoms with van der Waals surface area (Å²) in [5, 5.41) is 5.36. The van der Waals surface area contributed by atoms with Gasteiger partial charge in [-0.2, -0.15) is 4.31 Å². The van der Waals surface area contributed by atoms with E-state index in [2.05, 4.69) is 23.5 Å². The van der Waals surface area contributed by atoms with Crippen LogP contribution in [0.3, 0.4) is 0 Å². The number of nitrogens with one attached hydrogen (secondary N) is 1. The number of ketones is 1. The van der Waals surface area contributed by atoms with Crippen LogP contribution in [0.25, 0.3) is 10.8 Å². The summed E-state index contributed by atoms with van der Waals surface area (Å²) in [5.41, 5.74) is 1.43. The fraction of sp³-hybridized carbons (Fsp3) is 0.308. The van der Waals surface area contributed by atoms with E-state index in [1.807, 2.05) is 31.2 Å². The number of amides is 1. The van der Waals surface area contributed by atoms with Crippen molar-refractivity contribution in [3.8, 4) is 0 Å². The minimum atomic E-state index is -3.71. The minimum Gasteiger partial charge on any atom is -0.349 e. The molecule has 1 unspecified atom stereocenters. The van der Waals surface area contributed by atoms with Gasteiger partial charge in [-0.05, 0) is 55.2 Å². The van der Waals surface area contributed by atoms with Crippen LogP contribution >= 0.6 is 0 Å². The molecule has 0 spiro atoms. The number of hydrogen-bond acceptors (Lipinski definition) is 4. The predicted octanol–water partition coefficient (Wildman–Crippen LogP) is 4.32. The average Bonchev–Trinajstić information content (AvgIpc) is 2.83. The van der Waals surface area contributed by atoms with Crippen molar-refractivity contribution in [2.24, 2.45) is 5.92 Å². The van der Waals surface area contributed by atoms with E-state index in [1.54, 1.807) is 12.1 Å². The largest absolute Gasteiger partial charge is 0.349 e. The Hall–Kier alpha value is -3.03. The van der Waals surface area contributed by atoms with E-state index in [0.717, 1.165) is 16.3 Å². The monoisotopic (exact) mass is 464 g/mol. The van der Waals surface area contributed by atoms with Gasteiger partial charge in [-0.15, -0.1) is 0 Å². The average molecular weight is 465 g/mol. The smallest absolute Gasteiger partial charge is 0.243 e. The van der Waals surface area contributed by atoms with Gasteiger partial charge in [0, 0.05) is 24.6 Å². The molecule has 0 aliphatic carbocycles. The van der Waals surface area contributed by atoms with Crippen LogP contribution in [0.15, 0.2) is 71.6 Å². The van der Waals surface area contributed by atoms with Crippen LogP contribution in [0.1, 0.15) is 48.7 Å². The summed E-state index contributed by atoms with van der Waals surface area (Å²) < 4.78 is 27.5. The summed E-state index contributed by atoms with van der Waals surface area (Å²) in [4.78, 5) is 24.7. The van der Waals surface area contributed by atoms with Gasteiger partial charge in [-0.1, -0.05) is 54.6 Å². The maximum Gasteiger partial charge on any atom is 0.243 e. The topological polar surface area (TPSA) is 83.6 Å².